The van der Waals surface area contributed by atoms with Crippen LogP contribution in [-0.4, -0.2) is 65.4 Å². The zero-order chi connectivity index (χ0) is 17.7. The highest BCUT2D eigenvalue weighted by molar-refractivity contribution is 7.89. The van der Waals surface area contributed by atoms with Crippen molar-refractivity contribution >= 4 is 25.8 Å². The zero-order valence-electron chi connectivity index (χ0n) is 12.9. The van der Waals surface area contributed by atoms with Crippen molar-refractivity contribution in [3.8, 4) is 0 Å². The van der Waals surface area contributed by atoms with E-state index < -0.39 is 25.5 Å². The Morgan fingerprint density at radius 1 is 1.26 bits per heavy atom. The van der Waals surface area contributed by atoms with Crippen LogP contribution in [0, 0.1) is 0 Å². The van der Waals surface area contributed by atoms with E-state index in [1.807, 2.05) is 19.0 Å². The molecular weight excluding hydrogens is 344 g/mol. The van der Waals surface area contributed by atoms with Gasteiger partial charge in [0.15, 0.2) is 5.37 Å². The third-order valence-corrected chi connectivity index (χ3v) is 5.28. The fourth-order valence-electron chi connectivity index (χ4n) is 1.58. The Kier molecular flexibility index (Phi) is 6.92. The van der Waals surface area contributed by atoms with Gasteiger partial charge in [-0.1, -0.05) is 6.07 Å². The molecule has 9 nitrogen and oxygen atoms in total. The molecule has 1 atom stereocenters. The van der Waals surface area contributed by atoms with Gasteiger partial charge in [0.25, 0.3) is 10.1 Å². The SMILES string of the molecule is CN(C)CCNS(=O)(=O)c1cccc(NCC(N)S(=O)(=O)O)c1. The van der Waals surface area contributed by atoms with E-state index in [9.17, 15) is 16.8 Å². The van der Waals surface area contributed by atoms with Gasteiger partial charge in [0.1, 0.15) is 0 Å². The summed E-state index contributed by atoms with van der Waals surface area (Å²) >= 11 is 0. The van der Waals surface area contributed by atoms with Crippen molar-refractivity contribution in [3.63, 3.8) is 0 Å². The third-order valence-electron chi connectivity index (χ3n) is 2.89. The summed E-state index contributed by atoms with van der Waals surface area (Å²) in [5, 5.41) is 1.17. The number of rotatable bonds is 9. The van der Waals surface area contributed by atoms with Crippen LogP contribution in [0.1, 0.15) is 0 Å². The Hall–Kier alpha value is -1.24. The number of nitrogens with zero attached hydrogens (tertiary/aromatic N) is 1. The van der Waals surface area contributed by atoms with Gasteiger partial charge in [-0.05, 0) is 32.3 Å². The van der Waals surface area contributed by atoms with Crippen LogP contribution in [0.3, 0.4) is 0 Å². The van der Waals surface area contributed by atoms with Crippen LogP contribution in [-0.2, 0) is 20.1 Å². The molecule has 0 radical (unpaired) electrons. The minimum absolute atomic E-state index is 0.0432. The first kappa shape index (κ1) is 19.8. The van der Waals surface area contributed by atoms with E-state index in [4.69, 9.17) is 10.3 Å². The van der Waals surface area contributed by atoms with Crippen molar-refractivity contribution in [1.82, 2.24) is 9.62 Å². The van der Waals surface area contributed by atoms with E-state index in [0.717, 1.165) is 0 Å². The number of anilines is 1. The molecule has 0 heterocycles. The predicted octanol–water partition coefficient (Wildman–Crippen LogP) is -0.889. The van der Waals surface area contributed by atoms with Crippen molar-refractivity contribution in [2.75, 3.05) is 39.0 Å². The first-order chi connectivity index (χ1) is 10.5. The molecule has 0 spiro atoms. The molecule has 0 bridgehead atoms. The summed E-state index contributed by atoms with van der Waals surface area (Å²) in [5.74, 6) is 0. The number of hydrogen-bond donors (Lipinski definition) is 4. The standard InChI is InChI=1S/C12H22N4O5S2/c1-16(2)7-6-15-22(17,18)11-5-3-4-10(8-11)14-9-12(13)23(19,20)21/h3-5,8,12,14-15H,6-7,9,13H2,1-2H3,(H,19,20,21). The normalized spacial score (nSPS) is 14.0. The molecule has 1 aromatic carbocycles. The Morgan fingerprint density at radius 3 is 2.48 bits per heavy atom. The second kappa shape index (κ2) is 8.04. The van der Waals surface area contributed by atoms with Gasteiger partial charge in [-0.2, -0.15) is 8.42 Å². The van der Waals surface area contributed by atoms with Gasteiger partial charge in [0, 0.05) is 25.3 Å². The van der Waals surface area contributed by atoms with Crippen molar-refractivity contribution in [2.24, 2.45) is 5.73 Å². The molecule has 1 aromatic rings. The van der Waals surface area contributed by atoms with E-state index in [0.29, 0.717) is 12.2 Å². The quantitative estimate of drug-likeness (QED) is 0.412. The lowest BCUT2D eigenvalue weighted by atomic mass is 10.3. The van der Waals surface area contributed by atoms with E-state index in [-0.39, 0.29) is 18.0 Å². The lowest BCUT2D eigenvalue weighted by molar-refractivity contribution is 0.412. The van der Waals surface area contributed by atoms with E-state index in [2.05, 4.69) is 10.0 Å². The molecule has 1 unspecified atom stereocenters. The Bertz CT molecular complexity index is 719. The second-order valence-corrected chi connectivity index (χ2v) is 8.57. The highest BCUT2D eigenvalue weighted by atomic mass is 32.2. The molecular formula is C12H22N4O5S2. The van der Waals surface area contributed by atoms with Gasteiger partial charge in [-0.25, -0.2) is 13.1 Å². The van der Waals surface area contributed by atoms with E-state index >= 15 is 0 Å². The van der Waals surface area contributed by atoms with Gasteiger partial charge in [-0.3, -0.25) is 4.55 Å². The van der Waals surface area contributed by atoms with Crippen LogP contribution in [0.5, 0.6) is 0 Å². The summed E-state index contributed by atoms with van der Waals surface area (Å²) in [4.78, 5) is 1.89. The zero-order valence-corrected chi connectivity index (χ0v) is 14.6. The average molecular weight is 366 g/mol. The smallest absolute Gasteiger partial charge is 0.282 e. The van der Waals surface area contributed by atoms with Crippen LogP contribution < -0.4 is 15.8 Å². The summed E-state index contributed by atoms with van der Waals surface area (Å²) < 4.78 is 57.2. The molecule has 0 aliphatic carbocycles. The predicted molar refractivity (Wildman–Crippen MR) is 88.2 cm³/mol. The molecule has 0 aliphatic rings. The van der Waals surface area contributed by atoms with Gasteiger partial charge in [-0.15, -0.1) is 0 Å². The Labute approximate surface area is 136 Å². The van der Waals surface area contributed by atoms with E-state index in [1.54, 1.807) is 6.07 Å². The second-order valence-electron chi connectivity index (χ2n) is 5.16. The monoisotopic (exact) mass is 366 g/mol. The topological polar surface area (TPSA) is 142 Å². The summed E-state index contributed by atoms with van der Waals surface area (Å²) in [6.45, 7) is 0.567. The number of benzene rings is 1. The summed E-state index contributed by atoms with van der Waals surface area (Å²) in [6, 6.07) is 5.86. The molecule has 11 heteroatoms. The number of likely N-dealkylation sites (N-methyl/N-ethyl adjacent to an activating group) is 1. The first-order valence-corrected chi connectivity index (χ1v) is 9.71. The molecule has 0 fully saturated rings. The number of nitrogens with one attached hydrogen (secondary N) is 2. The van der Waals surface area contributed by atoms with Crippen molar-refractivity contribution < 1.29 is 21.4 Å². The molecule has 1 rings (SSSR count). The molecule has 0 saturated carbocycles. The summed E-state index contributed by atoms with van der Waals surface area (Å²) in [7, 11) is -4.35. The number of nitrogens with two attached hydrogens (primary N) is 1. The summed E-state index contributed by atoms with van der Waals surface area (Å²) in [5.41, 5.74) is 5.66. The van der Waals surface area contributed by atoms with E-state index in [1.165, 1.54) is 18.2 Å². The van der Waals surface area contributed by atoms with Gasteiger partial charge >= 0.3 is 0 Å². The molecule has 132 valence electrons. The van der Waals surface area contributed by atoms with Crippen molar-refractivity contribution in [2.45, 2.75) is 10.3 Å². The number of hydrogen-bond acceptors (Lipinski definition) is 7. The van der Waals surface area contributed by atoms with Crippen molar-refractivity contribution in [1.29, 1.82) is 0 Å². The molecule has 23 heavy (non-hydrogen) atoms. The van der Waals surface area contributed by atoms with Crippen molar-refractivity contribution in [3.05, 3.63) is 24.3 Å². The van der Waals surface area contributed by atoms with Crippen LogP contribution >= 0.6 is 0 Å². The van der Waals surface area contributed by atoms with Gasteiger partial charge in [0.2, 0.25) is 10.0 Å². The maximum atomic E-state index is 12.1. The first-order valence-electron chi connectivity index (χ1n) is 6.72. The fraction of sp³-hybridized carbons (Fsp3) is 0.500. The van der Waals surface area contributed by atoms with Gasteiger partial charge < -0.3 is 16.0 Å². The van der Waals surface area contributed by atoms with Gasteiger partial charge in [0.05, 0.1) is 4.90 Å². The molecule has 5 N–H and O–H groups in total. The maximum absolute atomic E-state index is 12.1. The third kappa shape index (κ3) is 6.81. The lowest BCUT2D eigenvalue weighted by Gasteiger charge is -2.13. The average Bonchev–Trinajstić information content (AvgIpc) is 2.43. The Balaban J connectivity index is 2.76. The van der Waals surface area contributed by atoms with Crippen LogP contribution in [0.4, 0.5) is 5.69 Å². The highest BCUT2D eigenvalue weighted by Crippen LogP contribution is 2.15. The summed E-state index contributed by atoms with van der Waals surface area (Å²) in [6.07, 6.45) is 0. The maximum Gasteiger partial charge on any atom is 0.282 e. The number of sulfonamides is 1. The van der Waals surface area contributed by atoms with Crippen LogP contribution in [0.2, 0.25) is 0 Å². The van der Waals surface area contributed by atoms with Crippen LogP contribution in [0.15, 0.2) is 29.2 Å². The molecule has 0 amide bonds. The van der Waals surface area contributed by atoms with Crippen LogP contribution in [0.25, 0.3) is 0 Å². The minimum Gasteiger partial charge on any atom is -0.382 e. The lowest BCUT2D eigenvalue weighted by Crippen LogP contribution is -2.36. The highest BCUT2D eigenvalue weighted by Gasteiger charge is 2.18. The largest absolute Gasteiger partial charge is 0.382 e. The Morgan fingerprint density at radius 2 is 1.91 bits per heavy atom. The molecule has 0 aromatic heterocycles. The molecule has 0 saturated heterocycles. The molecule has 0 aliphatic heterocycles. The minimum atomic E-state index is -4.35. The fourth-order valence-corrected chi connectivity index (χ4v) is 2.94.